The Labute approximate surface area is 112 Å². The van der Waals surface area contributed by atoms with E-state index in [0.29, 0.717) is 0 Å². The first-order chi connectivity index (χ1) is 8.24. The van der Waals surface area contributed by atoms with Crippen molar-refractivity contribution in [1.82, 2.24) is 0 Å². The monoisotopic (exact) mass is 416 g/mol. The Hall–Kier alpha value is -1.22. The van der Waals surface area contributed by atoms with Crippen LogP contribution in [-0.4, -0.2) is 11.1 Å². The van der Waals surface area contributed by atoms with Gasteiger partial charge >= 0.3 is 113 Å². The van der Waals surface area contributed by atoms with Gasteiger partial charge in [0.1, 0.15) is 0 Å². The number of aliphatic carboxylic acids is 1. The number of rotatable bonds is 4. The zero-order valence-electron chi connectivity index (χ0n) is 9.41. The van der Waals surface area contributed by atoms with Gasteiger partial charge in [-0.3, -0.25) is 0 Å². The Morgan fingerprint density at radius 1 is 1.12 bits per heavy atom. The number of hydrogen-bond donors (Lipinski definition) is 1. The number of hydrogen-bond acceptors (Lipinski definition) is 1. The van der Waals surface area contributed by atoms with Crippen molar-refractivity contribution < 1.29 is 39.0 Å². The molecule has 0 saturated carbocycles. The number of carboxylic acids is 1. The van der Waals surface area contributed by atoms with Crippen molar-refractivity contribution in [2.24, 2.45) is 0 Å². The van der Waals surface area contributed by atoms with Gasteiger partial charge in [-0.15, -0.1) is 0 Å². The molecule has 0 aliphatic rings. The summed E-state index contributed by atoms with van der Waals surface area (Å²) in [5.41, 5.74) is 0. The SMILES string of the molecule is O=C(O)C[n+]1ccc[c]([Hg][c]2ccccc2)c1. The molecular formula is C13H12HgNO2+. The van der Waals surface area contributed by atoms with Crippen LogP contribution in [0.2, 0.25) is 0 Å². The Balaban J connectivity index is 2.14. The van der Waals surface area contributed by atoms with Gasteiger partial charge in [-0.1, -0.05) is 0 Å². The molecule has 0 bridgehead atoms. The third-order valence-corrected chi connectivity index (χ3v) is 9.12. The molecule has 0 unspecified atom stereocenters. The quantitative estimate of drug-likeness (QED) is 0.569. The van der Waals surface area contributed by atoms with E-state index in [2.05, 4.69) is 30.3 Å². The molecule has 0 fully saturated rings. The fourth-order valence-electron chi connectivity index (χ4n) is 1.77. The van der Waals surface area contributed by atoms with Crippen molar-refractivity contribution in [3.63, 3.8) is 0 Å². The molecule has 1 heterocycles. The van der Waals surface area contributed by atoms with Crippen LogP contribution in [0.5, 0.6) is 0 Å². The van der Waals surface area contributed by atoms with E-state index in [4.69, 9.17) is 5.11 Å². The van der Waals surface area contributed by atoms with E-state index in [-0.39, 0.29) is 6.54 Å². The summed E-state index contributed by atoms with van der Waals surface area (Å²) in [5.74, 6) is -0.802. The molecule has 0 atom stereocenters. The van der Waals surface area contributed by atoms with Crippen molar-refractivity contribution >= 4 is 12.1 Å². The van der Waals surface area contributed by atoms with E-state index in [1.807, 2.05) is 18.3 Å². The first-order valence-corrected chi connectivity index (χ1v) is 11.0. The number of pyridine rings is 1. The Kier molecular flexibility index (Phi) is 4.26. The van der Waals surface area contributed by atoms with Crippen LogP contribution in [0.15, 0.2) is 54.9 Å². The van der Waals surface area contributed by atoms with Crippen molar-refractivity contribution in [2.75, 3.05) is 0 Å². The van der Waals surface area contributed by atoms with Crippen molar-refractivity contribution in [2.45, 2.75) is 6.54 Å². The molecule has 1 N–H and O–H groups in total. The van der Waals surface area contributed by atoms with E-state index in [9.17, 15) is 4.79 Å². The summed E-state index contributed by atoms with van der Waals surface area (Å²) in [7, 11) is 0. The Morgan fingerprint density at radius 3 is 2.53 bits per heavy atom. The van der Waals surface area contributed by atoms with Gasteiger partial charge in [0.15, 0.2) is 0 Å². The van der Waals surface area contributed by atoms with Crippen LogP contribution in [0.3, 0.4) is 0 Å². The average Bonchev–Trinajstić information content (AvgIpc) is 2.30. The maximum absolute atomic E-state index is 10.6. The average molecular weight is 415 g/mol. The van der Waals surface area contributed by atoms with Gasteiger partial charge in [0.25, 0.3) is 0 Å². The predicted octanol–water partition coefficient (Wildman–Crippen LogP) is 0.0920. The second kappa shape index (κ2) is 5.91. The van der Waals surface area contributed by atoms with E-state index in [0.717, 1.165) is 0 Å². The molecule has 0 saturated heterocycles. The van der Waals surface area contributed by atoms with Gasteiger partial charge in [-0.2, -0.15) is 0 Å². The van der Waals surface area contributed by atoms with E-state index >= 15 is 0 Å². The molecule has 0 amide bonds. The van der Waals surface area contributed by atoms with Crippen LogP contribution >= 0.6 is 0 Å². The fraction of sp³-hybridized carbons (Fsp3) is 0.0769. The van der Waals surface area contributed by atoms with Gasteiger partial charge < -0.3 is 0 Å². The van der Waals surface area contributed by atoms with Crippen LogP contribution in [0.25, 0.3) is 0 Å². The topological polar surface area (TPSA) is 41.2 Å². The van der Waals surface area contributed by atoms with Gasteiger partial charge in [-0.25, -0.2) is 0 Å². The molecule has 82 valence electrons. The molecule has 3 nitrogen and oxygen atoms in total. The molecule has 2 rings (SSSR count). The normalized spacial score (nSPS) is 9.65. The molecule has 4 heteroatoms. The van der Waals surface area contributed by atoms with E-state index in [1.54, 1.807) is 10.8 Å². The Bertz CT molecular complexity index is 514. The van der Waals surface area contributed by atoms with Crippen LogP contribution in [0.4, 0.5) is 0 Å². The summed E-state index contributed by atoms with van der Waals surface area (Å²) in [4.78, 5) is 10.6. The third-order valence-electron chi connectivity index (χ3n) is 2.49. The standard InChI is InChI=1S/C7H6NO2.C6H5.Hg/c9-7(10)6-8-4-2-1-3-5-8;1-2-4-6-5-3-1;/h1-2,4-5H,6H2;1-5H;/p+1. The summed E-state index contributed by atoms with van der Waals surface area (Å²) >= 11 is -1.30. The number of nitrogens with zero attached hydrogens (tertiary/aromatic N) is 1. The summed E-state index contributed by atoms with van der Waals surface area (Å²) < 4.78 is 4.51. The van der Waals surface area contributed by atoms with Crippen molar-refractivity contribution in [3.8, 4) is 0 Å². The van der Waals surface area contributed by atoms with Crippen molar-refractivity contribution in [3.05, 3.63) is 54.9 Å². The first kappa shape index (κ1) is 12.2. The molecule has 17 heavy (non-hydrogen) atoms. The molecule has 0 spiro atoms. The first-order valence-electron chi connectivity index (χ1n) is 5.48. The molecule has 2 aromatic rings. The number of carbonyl (C=O) groups is 1. The molecule has 0 radical (unpaired) electrons. The van der Waals surface area contributed by atoms with Gasteiger partial charge in [0.2, 0.25) is 0 Å². The molecular weight excluding hydrogens is 403 g/mol. The van der Waals surface area contributed by atoms with E-state index < -0.39 is 30.5 Å². The summed E-state index contributed by atoms with van der Waals surface area (Å²) in [6.07, 6.45) is 3.78. The van der Waals surface area contributed by atoms with Gasteiger partial charge in [0, 0.05) is 0 Å². The van der Waals surface area contributed by atoms with Crippen LogP contribution in [0.1, 0.15) is 0 Å². The summed E-state index contributed by atoms with van der Waals surface area (Å²) in [5, 5.41) is 8.74. The van der Waals surface area contributed by atoms with E-state index in [1.165, 1.54) is 6.14 Å². The minimum atomic E-state index is -1.30. The van der Waals surface area contributed by atoms with Crippen LogP contribution in [-0.2, 0) is 35.9 Å². The molecule has 0 aliphatic heterocycles. The van der Waals surface area contributed by atoms with Crippen LogP contribution < -0.4 is 10.7 Å². The number of aromatic nitrogens is 1. The van der Waals surface area contributed by atoms with Crippen LogP contribution in [0, 0.1) is 0 Å². The predicted molar refractivity (Wildman–Crippen MR) is 60.0 cm³/mol. The second-order valence-corrected chi connectivity index (χ2v) is 11.7. The van der Waals surface area contributed by atoms with Crippen molar-refractivity contribution in [1.29, 1.82) is 0 Å². The number of carboxylic acid groups (broad SMARTS) is 1. The zero-order valence-corrected chi connectivity index (χ0v) is 14.9. The molecule has 1 aromatic carbocycles. The van der Waals surface area contributed by atoms with Gasteiger partial charge in [0.05, 0.1) is 0 Å². The second-order valence-electron chi connectivity index (χ2n) is 3.94. The summed E-state index contributed by atoms with van der Waals surface area (Å²) in [6, 6.07) is 14.5. The Morgan fingerprint density at radius 2 is 1.82 bits per heavy atom. The fourth-order valence-corrected chi connectivity index (χ4v) is 7.83. The van der Waals surface area contributed by atoms with Gasteiger partial charge in [-0.05, 0) is 0 Å². The minimum absolute atomic E-state index is 0.0382. The molecule has 1 aromatic heterocycles. The summed E-state index contributed by atoms with van der Waals surface area (Å²) in [6.45, 7) is 0.0382. The molecule has 0 aliphatic carbocycles. The number of benzene rings is 1. The zero-order chi connectivity index (χ0) is 12.1. The maximum atomic E-state index is 10.6. The third kappa shape index (κ3) is 3.93.